The quantitative estimate of drug-likeness (QED) is 0.939. The minimum Gasteiger partial charge on any atom is -0.383 e. The first-order valence-corrected chi connectivity index (χ1v) is 6.85. The number of benzene rings is 1. The van der Waals surface area contributed by atoms with Crippen LogP contribution in [0.25, 0.3) is 11.4 Å². The van der Waals surface area contributed by atoms with Gasteiger partial charge < -0.3 is 10.5 Å². The highest BCUT2D eigenvalue weighted by Crippen LogP contribution is 2.25. The van der Waals surface area contributed by atoms with Gasteiger partial charge in [-0.15, -0.1) is 0 Å². The summed E-state index contributed by atoms with van der Waals surface area (Å²) in [7, 11) is 1.68. The standard InChI is InChI=1S/C14H16BrN3O/c1-3-11-12(15)13(16)18-14(17-11)10-6-4-9(5-7-10)8-19-2/h4-7H,3,8H2,1-2H3,(H2,16,17,18). The molecule has 2 N–H and O–H groups in total. The molecule has 0 aliphatic heterocycles. The number of hydrogen-bond acceptors (Lipinski definition) is 4. The van der Waals surface area contributed by atoms with Gasteiger partial charge in [-0.05, 0) is 27.9 Å². The Bertz CT molecular complexity index is 570. The molecule has 0 fully saturated rings. The van der Waals surface area contributed by atoms with Crippen molar-refractivity contribution in [2.45, 2.75) is 20.0 Å². The van der Waals surface area contributed by atoms with E-state index in [2.05, 4.69) is 25.9 Å². The molecule has 19 heavy (non-hydrogen) atoms. The van der Waals surface area contributed by atoms with Gasteiger partial charge in [0.15, 0.2) is 5.82 Å². The van der Waals surface area contributed by atoms with E-state index in [-0.39, 0.29) is 0 Å². The third-order valence-electron chi connectivity index (χ3n) is 2.80. The number of anilines is 1. The number of nitrogen functional groups attached to an aromatic ring is 1. The zero-order chi connectivity index (χ0) is 13.8. The SMILES string of the molecule is CCc1nc(-c2ccc(COC)cc2)nc(N)c1Br. The third kappa shape index (κ3) is 3.11. The van der Waals surface area contributed by atoms with Crippen LogP contribution >= 0.6 is 15.9 Å². The molecule has 4 nitrogen and oxygen atoms in total. The number of nitrogens with two attached hydrogens (primary N) is 1. The molecule has 0 saturated heterocycles. The maximum atomic E-state index is 5.89. The van der Waals surface area contributed by atoms with Gasteiger partial charge in [-0.3, -0.25) is 0 Å². The number of nitrogens with zero attached hydrogens (tertiary/aromatic N) is 2. The van der Waals surface area contributed by atoms with E-state index < -0.39 is 0 Å². The monoisotopic (exact) mass is 321 g/mol. The van der Waals surface area contributed by atoms with Crippen molar-refractivity contribution in [3.05, 3.63) is 40.0 Å². The lowest BCUT2D eigenvalue weighted by atomic mass is 10.1. The lowest BCUT2D eigenvalue weighted by molar-refractivity contribution is 0.185. The number of hydrogen-bond donors (Lipinski definition) is 1. The average Bonchev–Trinajstić information content (AvgIpc) is 2.43. The minimum atomic E-state index is 0.475. The van der Waals surface area contributed by atoms with Crippen LogP contribution in [-0.2, 0) is 17.8 Å². The summed E-state index contributed by atoms with van der Waals surface area (Å²) in [6.45, 7) is 2.64. The second-order valence-electron chi connectivity index (χ2n) is 4.18. The van der Waals surface area contributed by atoms with E-state index in [1.807, 2.05) is 31.2 Å². The average molecular weight is 322 g/mol. The second kappa shape index (κ2) is 6.12. The van der Waals surface area contributed by atoms with Gasteiger partial charge >= 0.3 is 0 Å². The van der Waals surface area contributed by atoms with Gasteiger partial charge in [0.05, 0.1) is 16.8 Å². The second-order valence-corrected chi connectivity index (χ2v) is 4.97. The predicted molar refractivity (Wildman–Crippen MR) is 79.7 cm³/mol. The molecule has 1 aromatic heterocycles. The molecule has 0 saturated carbocycles. The zero-order valence-corrected chi connectivity index (χ0v) is 12.6. The number of aryl methyl sites for hydroxylation is 1. The largest absolute Gasteiger partial charge is 0.383 e. The molecule has 0 atom stereocenters. The van der Waals surface area contributed by atoms with Gasteiger partial charge in [-0.2, -0.15) is 0 Å². The summed E-state index contributed by atoms with van der Waals surface area (Å²) in [5.41, 5.74) is 8.88. The van der Waals surface area contributed by atoms with Crippen LogP contribution in [0.1, 0.15) is 18.2 Å². The molecule has 0 bridgehead atoms. The molecule has 0 amide bonds. The first-order chi connectivity index (χ1) is 9.15. The van der Waals surface area contributed by atoms with Crippen molar-refractivity contribution in [2.24, 2.45) is 0 Å². The van der Waals surface area contributed by atoms with Gasteiger partial charge in [-0.25, -0.2) is 9.97 Å². The molecule has 100 valence electrons. The van der Waals surface area contributed by atoms with Gasteiger partial charge in [0.2, 0.25) is 0 Å². The summed E-state index contributed by atoms with van der Waals surface area (Å²) < 4.78 is 5.87. The van der Waals surface area contributed by atoms with Crippen LogP contribution in [0.15, 0.2) is 28.7 Å². The lowest BCUT2D eigenvalue weighted by Crippen LogP contribution is -2.02. The smallest absolute Gasteiger partial charge is 0.161 e. The van der Waals surface area contributed by atoms with Crippen molar-refractivity contribution in [1.29, 1.82) is 0 Å². The zero-order valence-electron chi connectivity index (χ0n) is 11.0. The van der Waals surface area contributed by atoms with Crippen LogP contribution in [-0.4, -0.2) is 17.1 Å². The molecular weight excluding hydrogens is 306 g/mol. The highest BCUT2D eigenvalue weighted by molar-refractivity contribution is 9.10. The van der Waals surface area contributed by atoms with Crippen LogP contribution in [0, 0.1) is 0 Å². The number of methoxy groups -OCH3 is 1. The van der Waals surface area contributed by atoms with Gasteiger partial charge in [0, 0.05) is 12.7 Å². The summed E-state index contributed by atoms with van der Waals surface area (Å²) in [5, 5.41) is 0. The Kier molecular flexibility index (Phi) is 4.50. The highest BCUT2D eigenvalue weighted by atomic mass is 79.9. The molecule has 0 radical (unpaired) electrons. The first kappa shape index (κ1) is 14.0. The van der Waals surface area contributed by atoms with Crippen LogP contribution in [0.4, 0.5) is 5.82 Å². The number of aromatic nitrogens is 2. The van der Waals surface area contributed by atoms with Crippen molar-refractivity contribution < 1.29 is 4.74 Å². The fraction of sp³-hybridized carbons (Fsp3) is 0.286. The molecule has 2 rings (SSSR count). The maximum absolute atomic E-state index is 5.89. The summed E-state index contributed by atoms with van der Waals surface area (Å²) in [4.78, 5) is 8.84. The van der Waals surface area contributed by atoms with Crippen LogP contribution in [0.2, 0.25) is 0 Å². The van der Waals surface area contributed by atoms with E-state index in [0.717, 1.165) is 27.7 Å². The highest BCUT2D eigenvalue weighted by Gasteiger charge is 2.10. The van der Waals surface area contributed by atoms with E-state index >= 15 is 0 Å². The Labute approximate surface area is 121 Å². The fourth-order valence-electron chi connectivity index (χ4n) is 1.79. The molecule has 0 unspecified atom stereocenters. The van der Waals surface area contributed by atoms with E-state index in [1.165, 1.54) is 0 Å². The summed E-state index contributed by atoms with van der Waals surface area (Å²) in [6, 6.07) is 7.98. The summed E-state index contributed by atoms with van der Waals surface area (Å²) in [6.07, 6.45) is 0.808. The molecule has 0 aliphatic carbocycles. The Morgan fingerprint density at radius 2 is 1.89 bits per heavy atom. The van der Waals surface area contributed by atoms with Crippen molar-refractivity contribution >= 4 is 21.7 Å². The maximum Gasteiger partial charge on any atom is 0.161 e. The predicted octanol–water partition coefficient (Wildman–Crippen LogP) is 3.20. The Balaban J connectivity index is 2.38. The van der Waals surface area contributed by atoms with Crippen LogP contribution in [0.5, 0.6) is 0 Å². The lowest BCUT2D eigenvalue weighted by Gasteiger charge is -2.08. The van der Waals surface area contributed by atoms with E-state index in [4.69, 9.17) is 10.5 Å². The van der Waals surface area contributed by atoms with Crippen molar-refractivity contribution in [3.8, 4) is 11.4 Å². The van der Waals surface area contributed by atoms with Crippen molar-refractivity contribution in [3.63, 3.8) is 0 Å². The van der Waals surface area contributed by atoms with Gasteiger partial charge in [-0.1, -0.05) is 31.2 Å². The molecule has 0 aliphatic rings. The third-order valence-corrected chi connectivity index (χ3v) is 3.67. The van der Waals surface area contributed by atoms with E-state index in [0.29, 0.717) is 18.2 Å². The number of halogens is 1. The Morgan fingerprint density at radius 3 is 2.47 bits per heavy atom. The molecule has 5 heteroatoms. The van der Waals surface area contributed by atoms with Crippen LogP contribution in [0.3, 0.4) is 0 Å². The molecule has 1 heterocycles. The number of ether oxygens (including phenoxy) is 1. The Morgan fingerprint density at radius 1 is 1.21 bits per heavy atom. The van der Waals surface area contributed by atoms with Crippen molar-refractivity contribution in [1.82, 2.24) is 9.97 Å². The molecule has 1 aromatic carbocycles. The molecular formula is C14H16BrN3O. The Hall–Kier alpha value is -1.46. The van der Waals surface area contributed by atoms with E-state index in [9.17, 15) is 0 Å². The first-order valence-electron chi connectivity index (χ1n) is 6.05. The summed E-state index contributed by atoms with van der Waals surface area (Å²) in [5.74, 6) is 1.13. The molecule has 2 aromatic rings. The molecule has 0 spiro atoms. The normalized spacial score (nSPS) is 10.7. The fourth-order valence-corrected chi connectivity index (χ4v) is 2.25. The van der Waals surface area contributed by atoms with Crippen LogP contribution < -0.4 is 5.73 Å². The van der Waals surface area contributed by atoms with E-state index in [1.54, 1.807) is 7.11 Å². The van der Waals surface area contributed by atoms with Gasteiger partial charge in [0.1, 0.15) is 5.82 Å². The number of rotatable bonds is 4. The van der Waals surface area contributed by atoms with Crippen molar-refractivity contribution in [2.75, 3.05) is 12.8 Å². The topological polar surface area (TPSA) is 61.0 Å². The van der Waals surface area contributed by atoms with Gasteiger partial charge in [0.25, 0.3) is 0 Å². The summed E-state index contributed by atoms with van der Waals surface area (Å²) >= 11 is 3.41. The minimum absolute atomic E-state index is 0.475.